The Bertz CT molecular complexity index is 492. The number of rotatable bonds is 4. The zero-order valence-corrected chi connectivity index (χ0v) is 12.8. The zero-order chi connectivity index (χ0) is 14.7. The lowest BCUT2D eigenvalue weighted by Crippen LogP contribution is -2.43. The summed E-state index contributed by atoms with van der Waals surface area (Å²) in [6.07, 6.45) is 9.74. The summed E-state index contributed by atoms with van der Waals surface area (Å²) in [5.74, 6) is 3.03. The van der Waals surface area contributed by atoms with Gasteiger partial charge in [0.25, 0.3) is 0 Å². The molecular weight excluding hydrogens is 262 g/mol. The topological polar surface area (TPSA) is 67.4 Å². The number of guanidine groups is 1. The number of nitrogens with two attached hydrogens (primary N) is 1. The Labute approximate surface area is 126 Å². The van der Waals surface area contributed by atoms with Crippen LogP contribution in [0.25, 0.3) is 0 Å². The summed E-state index contributed by atoms with van der Waals surface area (Å²) in [6, 6.07) is 0. The Hall–Kier alpha value is -1.65. The number of aliphatic imine (C=N–C) groups is 1. The molecule has 1 unspecified atom stereocenters. The van der Waals surface area contributed by atoms with Crippen molar-refractivity contribution in [3.63, 3.8) is 0 Å². The molecule has 1 atom stereocenters. The molecule has 1 aliphatic heterocycles. The van der Waals surface area contributed by atoms with Crippen LogP contribution < -0.4 is 5.73 Å². The van der Waals surface area contributed by atoms with E-state index in [0.717, 1.165) is 36.8 Å². The van der Waals surface area contributed by atoms with Crippen molar-refractivity contribution in [2.24, 2.45) is 16.6 Å². The van der Waals surface area contributed by atoms with Gasteiger partial charge in [-0.2, -0.15) is 0 Å². The van der Waals surface area contributed by atoms with Crippen LogP contribution in [0.15, 0.2) is 17.4 Å². The molecule has 5 nitrogen and oxygen atoms in total. The van der Waals surface area contributed by atoms with E-state index in [0.29, 0.717) is 18.4 Å². The molecular formula is C16H25N5. The fourth-order valence-corrected chi connectivity index (χ4v) is 2.84. The Balaban J connectivity index is 1.48. The minimum absolute atomic E-state index is 0.619. The smallest absolute Gasteiger partial charge is 0.191 e. The van der Waals surface area contributed by atoms with E-state index >= 15 is 0 Å². The fourth-order valence-electron chi connectivity index (χ4n) is 2.84. The minimum atomic E-state index is 0.619. The zero-order valence-electron chi connectivity index (χ0n) is 12.8. The van der Waals surface area contributed by atoms with Crippen LogP contribution in [0.2, 0.25) is 0 Å². The Morgan fingerprint density at radius 2 is 2.10 bits per heavy atom. The molecule has 2 fully saturated rings. The summed E-state index contributed by atoms with van der Waals surface area (Å²) in [7, 11) is 0. The van der Waals surface area contributed by atoms with E-state index in [1.807, 2.05) is 12.4 Å². The van der Waals surface area contributed by atoms with E-state index in [1.165, 1.54) is 25.7 Å². The highest BCUT2D eigenvalue weighted by Crippen LogP contribution is 2.37. The van der Waals surface area contributed by atoms with Gasteiger partial charge in [0.2, 0.25) is 0 Å². The van der Waals surface area contributed by atoms with Gasteiger partial charge in [0.05, 0.1) is 0 Å². The molecule has 1 saturated carbocycles. The van der Waals surface area contributed by atoms with Crippen molar-refractivity contribution >= 4 is 5.96 Å². The highest BCUT2D eigenvalue weighted by Gasteiger charge is 2.26. The summed E-state index contributed by atoms with van der Waals surface area (Å²) in [5, 5.41) is 0. The molecule has 2 N–H and O–H groups in total. The first-order valence-electron chi connectivity index (χ1n) is 8.08. The van der Waals surface area contributed by atoms with Gasteiger partial charge in [0, 0.05) is 37.9 Å². The molecule has 114 valence electrons. The van der Waals surface area contributed by atoms with Crippen molar-refractivity contribution in [1.29, 1.82) is 0 Å². The Kier molecular flexibility index (Phi) is 4.36. The first kappa shape index (κ1) is 14.3. The Morgan fingerprint density at radius 1 is 1.33 bits per heavy atom. The summed E-state index contributed by atoms with van der Waals surface area (Å²) in [6.45, 7) is 5.06. The van der Waals surface area contributed by atoms with Crippen LogP contribution in [0, 0.1) is 5.92 Å². The molecule has 0 radical (unpaired) electrons. The summed E-state index contributed by atoms with van der Waals surface area (Å²) in [4.78, 5) is 15.6. The molecule has 0 spiro atoms. The van der Waals surface area contributed by atoms with Crippen molar-refractivity contribution in [3.05, 3.63) is 23.8 Å². The van der Waals surface area contributed by atoms with Crippen LogP contribution in [0.4, 0.5) is 0 Å². The van der Waals surface area contributed by atoms with Crippen molar-refractivity contribution in [1.82, 2.24) is 14.9 Å². The number of hydrogen-bond acceptors (Lipinski definition) is 3. The summed E-state index contributed by atoms with van der Waals surface area (Å²) in [5.41, 5.74) is 7.23. The third kappa shape index (κ3) is 3.93. The predicted molar refractivity (Wildman–Crippen MR) is 84.2 cm³/mol. The number of nitrogens with zero attached hydrogens (tertiary/aromatic N) is 4. The molecule has 2 aliphatic rings. The predicted octanol–water partition coefficient (Wildman–Crippen LogP) is 1.94. The van der Waals surface area contributed by atoms with Gasteiger partial charge < -0.3 is 10.6 Å². The molecule has 3 rings (SSSR count). The fraction of sp³-hybridized carbons (Fsp3) is 0.688. The van der Waals surface area contributed by atoms with Gasteiger partial charge in [-0.25, -0.2) is 9.97 Å². The van der Waals surface area contributed by atoms with Gasteiger partial charge in [0.15, 0.2) is 5.96 Å². The molecule has 0 aromatic carbocycles. The summed E-state index contributed by atoms with van der Waals surface area (Å²) < 4.78 is 0. The van der Waals surface area contributed by atoms with Crippen molar-refractivity contribution in [3.8, 4) is 0 Å². The lowest BCUT2D eigenvalue weighted by Gasteiger charge is -2.31. The maximum absolute atomic E-state index is 6.09. The third-order valence-electron chi connectivity index (χ3n) is 4.32. The second kappa shape index (κ2) is 6.41. The van der Waals surface area contributed by atoms with E-state index < -0.39 is 0 Å². The first-order valence-corrected chi connectivity index (χ1v) is 8.08. The van der Waals surface area contributed by atoms with Gasteiger partial charge in [-0.05, 0) is 43.6 Å². The van der Waals surface area contributed by atoms with Gasteiger partial charge >= 0.3 is 0 Å². The molecule has 1 aliphatic carbocycles. The van der Waals surface area contributed by atoms with E-state index in [4.69, 9.17) is 5.73 Å². The SMILES string of the molecule is CC1CCCN(C(N)=NCCc2cnc(C3CC3)nc2)C1. The second-order valence-corrected chi connectivity index (χ2v) is 6.41. The van der Waals surface area contributed by atoms with Crippen molar-refractivity contribution in [2.75, 3.05) is 19.6 Å². The van der Waals surface area contributed by atoms with Crippen LogP contribution >= 0.6 is 0 Å². The molecule has 5 heteroatoms. The van der Waals surface area contributed by atoms with Gasteiger partial charge in [0.1, 0.15) is 5.82 Å². The molecule has 1 aromatic rings. The van der Waals surface area contributed by atoms with Crippen LogP contribution in [0.5, 0.6) is 0 Å². The van der Waals surface area contributed by atoms with E-state index in [1.54, 1.807) is 0 Å². The van der Waals surface area contributed by atoms with Crippen LogP contribution in [0.1, 0.15) is 49.9 Å². The molecule has 1 aromatic heterocycles. The highest BCUT2D eigenvalue weighted by molar-refractivity contribution is 5.78. The van der Waals surface area contributed by atoms with Crippen molar-refractivity contribution in [2.45, 2.75) is 44.9 Å². The standard InChI is InChI=1S/C16H25N5/c1-12-3-2-8-21(11-12)16(17)18-7-6-13-9-19-15(20-10-13)14-4-5-14/h9-10,12,14H,2-8,11H2,1H3,(H2,17,18). The average molecular weight is 287 g/mol. The average Bonchev–Trinajstić information content (AvgIpc) is 3.32. The molecule has 2 heterocycles. The van der Waals surface area contributed by atoms with Gasteiger partial charge in [-0.15, -0.1) is 0 Å². The van der Waals surface area contributed by atoms with Crippen LogP contribution in [0.3, 0.4) is 0 Å². The highest BCUT2D eigenvalue weighted by atomic mass is 15.3. The molecule has 0 amide bonds. The van der Waals surface area contributed by atoms with Gasteiger partial charge in [-0.1, -0.05) is 6.92 Å². The van der Waals surface area contributed by atoms with Crippen LogP contribution in [-0.4, -0.2) is 40.5 Å². The minimum Gasteiger partial charge on any atom is -0.370 e. The van der Waals surface area contributed by atoms with Gasteiger partial charge in [-0.3, -0.25) is 4.99 Å². The normalized spacial score (nSPS) is 23.4. The van der Waals surface area contributed by atoms with E-state index in [2.05, 4.69) is 26.8 Å². The van der Waals surface area contributed by atoms with E-state index in [-0.39, 0.29) is 0 Å². The lowest BCUT2D eigenvalue weighted by molar-refractivity contribution is 0.270. The quantitative estimate of drug-likeness (QED) is 0.679. The number of aromatic nitrogens is 2. The van der Waals surface area contributed by atoms with Crippen LogP contribution in [-0.2, 0) is 6.42 Å². The maximum Gasteiger partial charge on any atom is 0.191 e. The first-order chi connectivity index (χ1) is 10.2. The Morgan fingerprint density at radius 3 is 2.76 bits per heavy atom. The second-order valence-electron chi connectivity index (χ2n) is 6.41. The molecule has 21 heavy (non-hydrogen) atoms. The number of hydrogen-bond donors (Lipinski definition) is 1. The largest absolute Gasteiger partial charge is 0.370 e. The molecule has 0 bridgehead atoms. The lowest BCUT2D eigenvalue weighted by atomic mass is 10.0. The number of likely N-dealkylation sites (tertiary alicyclic amines) is 1. The third-order valence-corrected chi connectivity index (χ3v) is 4.32. The monoisotopic (exact) mass is 287 g/mol. The molecule has 1 saturated heterocycles. The summed E-state index contributed by atoms with van der Waals surface area (Å²) >= 11 is 0. The number of piperidine rings is 1. The maximum atomic E-state index is 6.09. The van der Waals surface area contributed by atoms with Crippen molar-refractivity contribution < 1.29 is 0 Å². The van der Waals surface area contributed by atoms with E-state index in [9.17, 15) is 0 Å².